The summed E-state index contributed by atoms with van der Waals surface area (Å²) in [7, 11) is -2.62. The van der Waals surface area contributed by atoms with Crippen molar-refractivity contribution in [3.8, 4) is 6.19 Å². The van der Waals surface area contributed by atoms with Crippen molar-refractivity contribution in [1.82, 2.24) is 4.98 Å². The van der Waals surface area contributed by atoms with Gasteiger partial charge in [-0.25, -0.2) is 4.21 Å². The lowest BCUT2D eigenvalue weighted by Gasteiger charge is -2.01. The van der Waals surface area contributed by atoms with E-state index >= 15 is 0 Å². The Morgan fingerprint density at radius 2 is 2.43 bits per heavy atom. The van der Waals surface area contributed by atoms with Crippen LogP contribution in [0.25, 0.3) is 0 Å². The molecular weight excluding hydrogens is 200 g/mol. The van der Waals surface area contributed by atoms with E-state index in [2.05, 4.69) is 9.35 Å². The lowest BCUT2D eigenvalue weighted by Crippen LogP contribution is -2.02. The summed E-state index contributed by atoms with van der Waals surface area (Å²) in [6.07, 6.45) is 4.37. The first-order valence-corrected chi connectivity index (χ1v) is 5.78. The molecule has 0 radical (unpaired) electrons. The van der Waals surface area contributed by atoms with Gasteiger partial charge in [-0.3, -0.25) is 4.98 Å². The fourth-order valence-electron chi connectivity index (χ4n) is 0.886. The van der Waals surface area contributed by atoms with Gasteiger partial charge < -0.3 is 5.73 Å². The van der Waals surface area contributed by atoms with Gasteiger partial charge in [0.15, 0.2) is 0 Å². The highest BCUT2D eigenvalue weighted by molar-refractivity contribution is 7.93. The fourth-order valence-corrected chi connectivity index (χ4v) is 1.72. The van der Waals surface area contributed by atoms with E-state index in [1.807, 2.05) is 0 Å². The lowest BCUT2D eigenvalue weighted by molar-refractivity contribution is 0.680. The van der Waals surface area contributed by atoms with Crippen LogP contribution in [0.5, 0.6) is 0 Å². The number of nitrogens with zero attached hydrogens (tertiary/aromatic N) is 3. The van der Waals surface area contributed by atoms with E-state index < -0.39 is 9.73 Å². The molecule has 0 aromatic carbocycles. The normalized spacial score (nSPS) is 14.1. The van der Waals surface area contributed by atoms with Crippen LogP contribution in [0.3, 0.4) is 0 Å². The van der Waals surface area contributed by atoms with Gasteiger partial charge in [-0.1, -0.05) is 0 Å². The third-order valence-corrected chi connectivity index (χ3v) is 3.21. The van der Waals surface area contributed by atoms with Gasteiger partial charge in [-0.15, -0.1) is 4.36 Å². The molecule has 0 aliphatic heterocycles. The Balaban J connectivity index is 3.18. The molecule has 0 unspecified atom stereocenters. The van der Waals surface area contributed by atoms with Crippen LogP contribution in [0.2, 0.25) is 0 Å². The summed E-state index contributed by atoms with van der Waals surface area (Å²) in [5.41, 5.74) is 6.07. The highest BCUT2D eigenvalue weighted by Gasteiger charge is 2.05. The zero-order chi connectivity index (χ0) is 10.6. The molecular formula is C8H10N4OS. The van der Waals surface area contributed by atoms with Crippen LogP contribution < -0.4 is 5.73 Å². The van der Waals surface area contributed by atoms with E-state index in [1.165, 1.54) is 18.6 Å². The third kappa shape index (κ3) is 2.28. The number of pyridine rings is 1. The van der Waals surface area contributed by atoms with E-state index in [9.17, 15) is 4.21 Å². The SMILES string of the molecule is C[S@@](=O)(=NC#N)c1ccc(CN)nc1. The van der Waals surface area contributed by atoms with Gasteiger partial charge in [0.25, 0.3) is 0 Å². The van der Waals surface area contributed by atoms with Crippen molar-refractivity contribution in [3.63, 3.8) is 0 Å². The monoisotopic (exact) mass is 210 g/mol. The van der Waals surface area contributed by atoms with Gasteiger partial charge in [0.2, 0.25) is 6.19 Å². The molecule has 0 fully saturated rings. The molecule has 0 aliphatic rings. The number of rotatable bonds is 2. The number of nitrogens with two attached hydrogens (primary N) is 1. The molecule has 5 nitrogen and oxygen atoms in total. The van der Waals surface area contributed by atoms with E-state index in [0.717, 1.165) is 0 Å². The Hall–Kier alpha value is -1.45. The van der Waals surface area contributed by atoms with Crippen LogP contribution in [0.1, 0.15) is 5.69 Å². The molecule has 6 heteroatoms. The standard InChI is InChI=1S/C8H10N4OS/c1-14(13,12-6-10)8-3-2-7(4-9)11-5-8/h2-3,5H,4,9H2,1H3/t14-/m0/s1. The second-order valence-electron chi connectivity index (χ2n) is 2.68. The zero-order valence-corrected chi connectivity index (χ0v) is 8.49. The van der Waals surface area contributed by atoms with Crippen LogP contribution in [-0.4, -0.2) is 15.4 Å². The molecule has 0 aliphatic carbocycles. The molecule has 1 rings (SSSR count). The number of aromatic nitrogens is 1. The van der Waals surface area contributed by atoms with E-state index in [1.54, 1.807) is 12.1 Å². The molecule has 0 saturated heterocycles. The summed E-state index contributed by atoms with van der Waals surface area (Å²) < 4.78 is 15.1. The van der Waals surface area contributed by atoms with Gasteiger partial charge in [-0.2, -0.15) is 5.26 Å². The topological polar surface area (TPSA) is 92.1 Å². The summed E-state index contributed by atoms with van der Waals surface area (Å²) in [5, 5.41) is 8.33. The van der Waals surface area contributed by atoms with Crippen molar-refractivity contribution in [2.24, 2.45) is 10.1 Å². The largest absolute Gasteiger partial charge is 0.325 e. The summed E-state index contributed by atoms with van der Waals surface area (Å²) in [4.78, 5) is 4.41. The second-order valence-corrected chi connectivity index (χ2v) is 4.94. The third-order valence-electron chi connectivity index (χ3n) is 1.66. The first kappa shape index (κ1) is 10.6. The Morgan fingerprint density at radius 3 is 2.86 bits per heavy atom. The van der Waals surface area contributed by atoms with E-state index in [0.29, 0.717) is 17.1 Å². The Kier molecular flexibility index (Phi) is 3.17. The molecule has 1 heterocycles. The molecule has 1 atom stereocenters. The smallest absolute Gasteiger partial charge is 0.214 e. The highest BCUT2D eigenvalue weighted by Crippen LogP contribution is 2.09. The maximum absolute atomic E-state index is 11.7. The van der Waals surface area contributed by atoms with Gasteiger partial charge in [0, 0.05) is 19.0 Å². The maximum Gasteiger partial charge on any atom is 0.214 e. The predicted octanol–water partition coefficient (Wildman–Crippen LogP) is 0.478. The summed E-state index contributed by atoms with van der Waals surface area (Å²) in [6.45, 7) is 0.334. The molecule has 0 bridgehead atoms. The first-order valence-electron chi connectivity index (χ1n) is 3.85. The average Bonchev–Trinajstić information content (AvgIpc) is 2.18. The lowest BCUT2D eigenvalue weighted by atomic mass is 10.4. The summed E-state index contributed by atoms with van der Waals surface area (Å²) >= 11 is 0. The highest BCUT2D eigenvalue weighted by atomic mass is 32.2. The van der Waals surface area contributed by atoms with Crippen LogP contribution in [0.4, 0.5) is 0 Å². The van der Waals surface area contributed by atoms with Crippen molar-refractivity contribution in [1.29, 1.82) is 5.26 Å². The zero-order valence-electron chi connectivity index (χ0n) is 7.67. The van der Waals surface area contributed by atoms with Crippen LogP contribution in [0, 0.1) is 11.5 Å². The second kappa shape index (κ2) is 4.17. The van der Waals surface area contributed by atoms with Crippen molar-refractivity contribution in [3.05, 3.63) is 24.0 Å². The molecule has 74 valence electrons. The average molecular weight is 210 g/mol. The first-order chi connectivity index (χ1) is 6.60. The molecule has 0 amide bonds. The number of nitriles is 1. The minimum Gasteiger partial charge on any atom is -0.325 e. The van der Waals surface area contributed by atoms with Gasteiger partial charge in [0.05, 0.1) is 20.3 Å². The van der Waals surface area contributed by atoms with Gasteiger partial charge >= 0.3 is 0 Å². The van der Waals surface area contributed by atoms with Gasteiger partial charge in [-0.05, 0) is 12.1 Å². The molecule has 14 heavy (non-hydrogen) atoms. The fraction of sp³-hybridized carbons (Fsp3) is 0.250. The quantitative estimate of drug-likeness (QED) is 0.718. The van der Waals surface area contributed by atoms with Crippen molar-refractivity contribution >= 4 is 9.73 Å². The number of hydrogen-bond donors (Lipinski definition) is 1. The Bertz CT molecular complexity index is 465. The van der Waals surface area contributed by atoms with E-state index in [-0.39, 0.29) is 0 Å². The molecule has 0 spiro atoms. The molecule has 1 aromatic rings. The van der Waals surface area contributed by atoms with E-state index in [4.69, 9.17) is 11.0 Å². The summed E-state index contributed by atoms with van der Waals surface area (Å²) in [6, 6.07) is 3.30. The minimum atomic E-state index is -2.62. The predicted molar refractivity (Wildman–Crippen MR) is 52.5 cm³/mol. The minimum absolute atomic E-state index is 0.334. The van der Waals surface area contributed by atoms with Gasteiger partial charge in [0.1, 0.15) is 0 Å². The van der Waals surface area contributed by atoms with Crippen LogP contribution in [-0.2, 0) is 16.3 Å². The summed E-state index contributed by atoms with van der Waals surface area (Å²) in [5.74, 6) is 0. The molecule has 2 N–H and O–H groups in total. The van der Waals surface area contributed by atoms with Crippen molar-refractivity contribution in [2.75, 3.05) is 6.26 Å². The van der Waals surface area contributed by atoms with Crippen molar-refractivity contribution in [2.45, 2.75) is 11.4 Å². The molecule has 1 aromatic heterocycles. The van der Waals surface area contributed by atoms with Crippen LogP contribution in [0.15, 0.2) is 27.6 Å². The Morgan fingerprint density at radius 1 is 1.71 bits per heavy atom. The molecule has 0 saturated carbocycles. The van der Waals surface area contributed by atoms with Crippen molar-refractivity contribution < 1.29 is 4.21 Å². The Labute approximate surface area is 82.8 Å². The van der Waals surface area contributed by atoms with Crippen LogP contribution >= 0.6 is 0 Å². The maximum atomic E-state index is 11.7. The number of hydrogen-bond acceptors (Lipinski definition) is 5.